The highest BCUT2D eigenvalue weighted by atomic mass is 32.2. The summed E-state index contributed by atoms with van der Waals surface area (Å²) >= 11 is 2.62. The number of hydrogen-bond acceptors (Lipinski definition) is 5. The molecule has 2 N–H and O–H groups in total. The number of halogens is 1. The summed E-state index contributed by atoms with van der Waals surface area (Å²) in [5.41, 5.74) is 6.10. The van der Waals surface area contributed by atoms with Crippen molar-refractivity contribution in [1.82, 2.24) is 10.9 Å². The molecule has 1 aromatic heterocycles. The van der Waals surface area contributed by atoms with Crippen LogP contribution in [0, 0.1) is 5.82 Å². The zero-order chi connectivity index (χ0) is 19.2. The molecule has 3 rings (SSSR count). The van der Waals surface area contributed by atoms with E-state index in [9.17, 15) is 14.0 Å². The molecule has 0 bridgehead atoms. The van der Waals surface area contributed by atoms with Gasteiger partial charge in [0.15, 0.2) is 5.76 Å². The molecule has 0 atom stereocenters. The molecule has 2 aromatic carbocycles. The Morgan fingerprint density at radius 3 is 2.59 bits per heavy atom. The van der Waals surface area contributed by atoms with Crippen molar-refractivity contribution in [2.45, 2.75) is 10.6 Å². The predicted octanol–water partition coefficient (Wildman–Crippen LogP) is 3.99. The number of benzene rings is 2. The van der Waals surface area contributed by atoms with Crippen LogP contribution >= 0.6 is 23.5 Å². The maximum Gasteiger partial charge on any atom is 0.305 e. The molecular formula is C19H17FN2O3S2. The number of fused-ring (bicyclic) bond motifs is 1. The number of rotatable bonds is 6. The van der Waals surface area contributed by atoms with Crippen molar-refractivity contribution < 1.29 is 18.4 Å². The minimum atomic E-state index is -0.528. The van der Waals surface area contributed by atoms with E-state index in [1.54, 1.807) is 36.0 Å². The fourth-order valence-electron chi connectivity index (χ4n) is 2.49. The van der Waals surface area contributed by atoms with E-state index in [4.69, 9.17) is 4.42 Å². The Hall–Kier alpha value is -2.45. The fourth-order valence-corrected chi connectivity index (χ4v) is 3.81. The van der Waals surface area contributed by atoms with Gasteiger partial charge in [-0.15, -0.1) is 11.8 Å². The second kappa shape index (κ2) is 8.96. The number of hydrazine groups is 1. The summed E-state index contributed by atoms with van der Waals surface area (Å²) in [6.07, 6.45) is 1.94. The molecule has 27 heavy (non-hydrogen) atoms. The summed E-state index contributed by atoms with van der Waals surface area (Å²) in [4.78, 5) is 24.8. The zero-order valence-corrected chi connectivity index (χ0v) is 16.1. The molecule has 2 amide bonds. The van der Waals surface area contributed by atoms with E-state index >= 15 is 0 Å². The Balaban J connectivity index is 1.62. The van der Waals surface area contributed by atoms with Crippen molar-refractivity contribution in [2.75, 3.05) is 12.0 Å². The normalized spacial score (nSPS) is 10.7. The van der Waals surface area contributed by atoms with Gasteiger partial charge in [0.2, 0.25) is 5.91 Å². The Morgan fingerprint density at radius 2 is 1.81 bits per heavy atom. The highest BCUT2D eigenvalue weighted by molar-refractivity contribution is 8.00. The van der Waals surface area contributed by atoms with Crippen LogP contribution in [0.15, 0.2) is 57.8 Å². The first-order valence-electron chi connectivity index (χ1n) is 8.06. The lowest BCUT2D eigenvalue weighted by atomic mass is 10.1. The highest BCUT2D eigenvalue weighted by Crippen LogP contribution is 2.28. The first-order valence-corrected chi connectivity index (χ1v) is 10.4. The number of amides is 2. The minimum absolute atomic E-state index is 0.0288. The average Bonchev–Trinajstić information content (AvgIpc) is 3.04. The number of thioether (sulfide) groups is 2. The standard InChI is InChI=1S/C19H17FN2O3S2/c1-26-10-13-12-6-2-4-8-15(12)25-18(13)19(24)22-21-17(23)11-27-16-9-5-3-7-14(16)20/h2-9H,10-11H2,1H3,(H,21,23)(H,22,24). The Morgan fingerprint density at radius 1 is 1.07 bits per heavy atom. The van der Waals surface area contributed by atoms with Crippen LogP contribution in [0.2, 0.25) is 0 Å². The van der Waals surface area contributed by atoms with Crippen molar-refractivity contribution in [2.24, 2.45) is 0 Å². The molecule has 0 saturated heterocycles. The van der Waals surface area contributed by atoms with E-state index in [0.717, 1.165) is 22.7 Å². The summed E-state index contributed by atoms with van der Waals surface area (Å²) in [7, 11) is 0. The number of carbonyl (C=O) groups excluding carboxylic acids is 2. The Kier molecular flexibility index (Phi) is 6.41. The first kappa shape index (κ1) is 19.3. The molecule has 3 aromatic rings. The molecule has 0 aliphatic rings. The third-order valence-electron chi connectivity index (χ3n) is 3.70. The van der Waals surface area contributed by atoms with Crippen LogP contribution in [-0.4, -0.2) is 23.8 Å². The summed E-state index contributed by atoms with van der Waals surface area (Å²) in [5, 5.41) is 0.874. The van der Waals surface area contributed by atoms with E-state index in [-0.39, 0.29) is 17.3 Å². The van der Waals surface area contributed by atoms with Crippen LogP contribution in [0.1, 0.15) is 16.1 Å². The molecule has 0 saturated carbocycles. The largest absolute Gasteiger partial charge is 0.451 e. The van der Waals surface area contributed by atoms with Gasteiger partial charge in [0.1, 0.15) is 11.4 Å². The van der Waals surface area contributed by atoms with Crippen LogP contribution < -0.4 is 10.9 Å². The number of nitrogens with one attached hydrogen (secondary N) is 2. The topological polar surface area (TPSA) is 71.3 Å². The van der Waals surface area contributed by atoms with Gasteiger partial charge >= 0.3 is 5.91 Å². The Labute approximate surface area is 164 Å². The van der Waals surface area contributed by atoms with Crippen molar-refractivity contribution in [3.63, 3.8) is 0 Å². The lowest BCUT2D eigenvalue weighted by Crippen LogP contribution is -2.42. The number of carbonyl (C=O) groups is 2. The van der Waals surface area contributed by atoms with Gasteiger partial charge in [0.05, 0.1) is 5.75 Å². The Bertz CT molecular complexity index is 974. The molecule has 8 heteroatoms. The van der Waals surface area contributed by atoms with E-state index in [1.807, 2.05) is 24.5 Å². The number of furan rings is 1. The molecule has 0 aliphatic carbocycles. The summed E-state index contributed by atoms with van der Waals surface area (Å²) in [5.74, 6) is -0.606. The number of para-hydroxylation sites is 1. The highest BCUT2D eigenvalue weighted by Gasteiger charge is 2.20. The molecular weight excluding hydrogens is 387 g/mol. The van der Waals surface area contributed by atoms with E-state index in [2.05, 4.69) is 10.9 Å². The van der Waals surface area contributed by atoms with Crippen LogP contribution in [0.3, 0.4) is 0 Å². The summed E-state index contributed by atoms with van der Waals surface area (Å²) in [6.45, 7) is 0. The van der Waals surface area contributed by atoms with Gasteiger partial charge < -0.3 is 4.42 Å². The van der Waals surface area contributed by atoms with Gasteiger partial charge in [-0.3, -0.25) is 20.4 Å². The molecule has 0 aliphatic heterocycles. The maximum absolute atomic E-state index is 13.6. The number of hydrogen-bond donors (Lipinski definition) is 2. The molecule has 0 spiro atoms. The van der Waals surface area contributed by atoms with Gasteiger partial charge in [-0.05, 0) is 24.5 Å². The van der Waals surface area contributed by atoms with Crippen LogP contribution in [0.5, 0.6) is 0 Å². The first-order chi connectivity index (χ1) is 13.1. The van der Waals surface area contributed by atoms with E-state index in [1.165, 1.54) is 6.07 Å². The summed E-state index contributed by atoms with van der Waals surface area (Å²) in [6, 6.07) is 13.6. The van der Waals surface area contributed by atoms with Crippen molar-refractivity contribution in [3.8, 4) is 0 Å². The predicted molar refractivity (Wildman–Crippen MR) is 106 cm³/mol. The molecule has 0 radical (unpaired) electrons. The zero-order valence-electron chi connectivity index (χ0n) is 14.5. The molecule has 0 fully saturated rings. The lowest BCUT2D eigenvalue weighted by molar-refractivity contribution is -0.119. The smallest absolute Gasteiger partial charge is 0.305 e. The maximum atomic E-state index is 13.6. The third kappa shape index (κ3) is 4.64. The lowest BCUT2D eigenvalue weighted by Gasteiger charge is -2.07. The second-order valence-electron chi connectivity index (χ2n) is 5.56. The van der Waals surface area contributed by atoms with Crippen molar-refractivity contribution >= 4 is 46.3 Å². The second-order valence-corrected chi connectivity index (χ2v) is 7.44. The van der Waals surface area contributed by atoms with E-state index < -0.39 is 11.8 Å². The minimum Gasteiger partial charge on any atom is -0.451 e. The third-order valence-corrected chi connectivity index (χ3v) is 5.33. The van der Waals surface area contributed by atoms with Crippen LogP contribution in [0.25, 0.3) is 11.0 Å². The molecule has 5 nitrogen and oxygen atoms in total. The molecule has 140 valence electrons. The van der Waals surface area contributed by atoms with Gasteiger partial charge in [0.25, 0.3) is 0 Å². The van der Waals surface area contributed by atoms with Crippen molar-refractivity contribution in [3.05, 3.63) is 65.7 Å². The van der Waals surface area contributed by atoms with Gasteiger partial charge in [-0.25, -0.2) is 4.39 Å². The van der Waals surface area contributed by atoms with Gasteiger partial charge in [0, 0.05) is 21.6 Å². The van der Waals surface area contributed by atoms with Crippen molar-refractivity contribution in [1.29, 1.82) is 0 Å². The SMILES string of the molecule is CSCc1c(C(=O)NNC(=O)CSc2ccccc2F)oc2ccccc12. The summed E-state index contributed by atoms with van der Waals surface area (Å²) < 4.78 is 19.2. The van der Waals surface area contributed by atoms with Crippen LogP contribution in [-0.2, 0) is 10.5 Å². The fraction of sp³-hybridized carbons (Fsp3) is 0.158. The molecule has 0 unspecified atom stereocenters. The van der Waals surface area contributed by atoms with Gasteiger partial charge in [-0.1, -0.05) is 30.3 Å². The average molecular weight is 404 g/mol. The molecule has 1 heterocycles. The van der Waals surface area contributed by atoms with Crippen LogP contribution in [0.4, 0.5) is 4.39 Å². The van der Waals surface area contributed by atoms with E-state index in [0.29, 0.717) is 16.2 Å². The van der Waals surface area contributed by atoms with Gasteiger partial charge in [-0.2, -0.15) is 11.8 Å². The quantitative estimate of drug-likeness (QED) is 0.480. The monoisotopic (exact) mass is 404 g/mol.